The van der Waals surface area contributed by atoms with Gasteiger partial charge in [0.2, 0.25) is 11.9 Å². The summed E-state index contributed by atoms with van der Waals surface area (Å²) in [5.41, 5.74) is 1.80. The molecule has 3 heterocycles. The van der Waals surface area contributed by atoms with Crippen LogP contribution in [0.1, 0.15) is 38.2 Å². The Morgan fingerprint density at radius 2 is 1.86 bits per heavy atom. The summed E-state index contributed by atoms with van der Waals surface area (Å²) in [6.07, 6.45) is 8.22. The van der Waals surface area contributed by atoms with Gasteiger partial charge in [-0.3, -0.25) is 4.79 Å². The smallest absolute Gasteiger partial charge is 0.224 e. The molecule has 1 atom stereocenters. The van der Waals surface area contributed by atoms with E-state index in [0.717, 1.165) is 52.4 Å². The minimum absolute atomic E-state index is 0.0205. The van der Waals surface area contributed by atoms with Gasteiger partial charge in [-0.05, 0) is 78.2 Å². The van der Waals surface area contributed by atoms with E-state index in [2.05, 4.69) is 67.0 Å². The second kappa shape index (κ2) is 10.9. The molecule has 0 unspecified atom stereocenters. The summed E-state index contributed by atoms with van der Waals surface area (Å²) in [7, 11) is 0. The van der Waals surface area contributed by atoms with Crippen molar-refractivity contribution in [1.82, 2.24) is 20.3 Å². The van der Waals surface area contributed by atoms with Gasteiger partial charge in [-0.25, -0.2) is 15.0 Å². The SMILES string of the molecule is C[C@H](Nc1ncc(CC(=O)NC2COC2)cn1)C1CCC(Nc2ccc3cccc(Br)c3n2)CC1. The highest BCUT2D eigenvalue weighted by Crippen LogP contribution is 2.30. The molecule has 184 valence electrons. The molecule has 1 aliphatic heterocycles. The van der Waals surface area contributed by atoms with E-state index in [1.165, 1.54) is 0 Å². The van der Waals surface area contributed by atoms with E-state index < -0.39 is 0 Å². The van der Waals surface area contributed by atoms with E-state index in [9.17, 15) is 4.79 Å². The van der Waals surface area contributed by atoms with Crippen molar-refractivity contribution in [2.24, 2.45) is 5.92 Å². The molecule has 3 aromatic rings. The second-order valence-corrected chi connectivity index (χ2v) is 10.4. The number of halogens is 1. The molecule has 1 aromatic carbocycles. The van der Waals surface area contributed by atoms with E-state index in [0.29, 0.717) is 31.1 Å². The maximum Gasteiger partial charge on any atom is 0.224 e. The fourth-order valence-corrected chi connectivity index (χ4v) is 5.26. The topological polar surface area (TPSA) is 101 Å². The first-order valence-corrected chi connectivity index (χ1v) is 13.1. The van der Waals surface area contributed by atoms with E-state index in [-0.39, 0.29) is 24.4 Å². The number of rotatable bonds is 8. The van der Waals surface area contributed by atoms with Crippen molar-refractivity contribution in [1.29, 1.82) is 0 Å². The predicted octanol–water partition coefficient (Wildman–Crippen LogP) is 4.32. The van der Waals surface area contributed by atoms with Crippen molar-refractivity contribution in [3.05, 3.63) is 52.8 Å². The minimum atomic E-state index is -0.0205. The molecule has 35 heavy (non-hydrogen) atoms. The molecule has 0 bridgehead atoms. The van der Waals surface area contributed by atoms with Gasteiger partial charge in [0.15, 0.2) is 0 Å². The number of pyridine rings is 1. The number of ether oxygens (including phenoxy) is 1. The Bertz CT molecular complexity index is 1160. The molecule has 3 N–H and O–H groups in total. The number of anilines is 2. The highest BCUT2D eigenvalue weighted by Gasteiger charge is 2.26. The number of carbonyl (C=O) groups is 1. The summed E-state index contributed by atoms with van der Waals surface area (Å²) in [5, 5.41) is 11.2. The van der Waals surface area contributed by atoms with Gasteiger partial charge in [0.25, 0.3) is 0 Å². The maximum absolute atomic E-state index is 12.1. The Morgan fingerprint density at radius 1 is 1.09 bits per heavy atom. The third-order valence-electron chi connectivity index (χ3n) is 6.93. The third-order valence-corrected chi connectivity index (χ3v) is 7.57. The number of nitrogens with one attached hydrogen (secondary N) is 3. The largest absolute Gasteiger partial charge is 0.377 e. The lowest BCUT2D eigenvalue weighted by Crippen LogP contribution is -2.49. The van der Waals surface area contributed by atoms with Crippen LogP contribution in [0.3, 0.4) is 0 Å². The lowest BCUT2D eigenvalue weighted by Gasteiger charge is -2.33. The molecule has 5 rings (SSSR count). The Morgan fingerprint density at radius 3 is 2.57 bits per heavy atom. The molecule has 1 aliphatic carbocycles. The number of para-hydroxylation sites is 1. The molecular weight excluding hydrogens is 508 g/mol. The molecule has 0 spiro atoms. The van der Waals surface area contributed by atoms with E-state index in [1.54, 1.807) is 12.4 Å². The zero-order valence-electron chi connectivity index (χ0n) is 19.8. The van der Waals surface area contributed by atoms with Gasteiger partial charge in [0, 0.05) is 34.3 Å². The lowest BCUT2D eigenvalue weighted by molar-refractivity contribution is -0.124. The molecule has 0 radical (unpaired) electrons. The van der Waals surface area contributed by atoms with Crippen LogP contribution >= 0.6 is 15.9 Å². The van der Waals surface area contributed by atoms with Crippen LogP contribution < -0.4 is 16.0 Å². The van der Waals surface area contributed by atoms with Crippen molar-refractivity contribution in [3.8, 4) is 0 Å². The zero-order chi connectivity index (χ0) is 24.2. The van der Waals surface area contributed by atoms with Crippen molar-refractivity contribution in [2.75, 3.05) is 23.8 Å². The Labute approximate surface area is 213 Å². The molecule has 1 saturated heterocycles. The summed E-state index contributed by atoms with van der Waals surface area (Å²) >= 11 is 3.61. The average Bonchev–Trinajstić information content (AvgIpc) is 2.84. The standard InChI is InChI=1S/C26H31BrN6O2/c1-16(30-26-28-12-17(13-29-26)11-24(34)32-21-14-35-15-21)18-5-8-20(9-6-18)31-23-10-7-19-3-2-4-22(27)25(19)33-23/h2-4,7,10,12-13,16,18,20-21H,5-6,8-9,11,14-15H2,1H3,(H,31,33)(H,32,34)(H,28,29,30)/t16-,18?,20?/m0/s1. The Kier molecular flexibility index (Phi) is 7.43. The highest BCUT2D eigenvalue weighted by molar-refractivity contribution is 9.10. The fraction of sp³-hybridized carbons (Fsp3) is 0.462. The quantitative estimate of drug-likeness (QED) is 0.392. The minimum Gasteiger partial charge on any atom is -0.377 e. The first-order chi connectivity index (χ1) is 17.0. The van der Waals surface area contributed by atoms with Crippen LogP contribution in [0.5, 0.6) is 0 Å². The van der Waals surface area contributed by atoms with Gasteiger partial charge in [-0.2, -0.15) is 0 Å². The van der Waals surface area contributed by atoms with Crippen LogP contribution in [0, 0.1) is 5.92 Å². The molecule has 1 amide bonds. The van der Waals surface area contributed by atoms with Crippen molar-refractivity contribution in [3.63, 3.8) is 0 Å². The van der Waals surface area contributed by atoms with Crippen molar-refractivity contribution < 1.29 is 9.53 Å². The number of fused-ring (bicyclic) bond motifs is 1. The number of benzene rings is 1. The maximum atomic E-state index is 12.1. The molecule has 8 nitrogen and oxygen atoms in total. The number of amides is 1. The van der Waals surface area contributed by atoms with Crippen LogP contribution in [0.25, 0.3) is 10.9 Å². The van der Waals surface area contributed by atoms with E-state index in [1.807, 2.05) is 12.1 Å². The van der Waals surface area contributed by atoms with Gasteiger partial charge < -0.3 is 20.7 Å². The number of hydrogen-bond acceptors (Lipinski definition) is 7. The number of carbonyl (C=O) groups excluding carboxylic acids is 1. The third kappa shape index (κ3) is 6.08. The highest BCUT2D eigenvalue weighted by atomic mass is 79.9. The van der Waals surface area contributed by atoms with Crippen molar-refractivity contribution >= 4 is 44.5 Å². The van der Waals surface area contributed by atoms with Gasteiger partial charge in [0.05, 0.1) is 31.2 Å². The molecule has 9 heteroatoms. The summed E-state index contributed by atoms with van der Waals surface area (Å²) in [5.74, 6) is 2.08. The van der Waals surface area contributed by atoms with Crippen LogP contribution in [-0.2, 0) is 16.0 Å². The van der Waals surface area contributed by atoms with Gasteiger partial charge in [0.1, 0.15) is 5.82 Å². The first-order valence-electron chi connectivity index (χ1n) is 12.3. The summed E-state index contributed by atoms with van der Waals surface area (Å²) in [4.78, 5) is 25.7. The lowest BCUT2D eigenvalue weighted by atomic mass is 9.82. The normalized spacial score (nSPS) is 21.2. The average molecular weight is 539 g/mol. The van der Waals surface area contributed by atoms with Crippen LogP contribution in [0.15, 0.2) is 47.2 Å². The van der Waals surface area contributed by atoms with Gasteiger partial charge in [-0.15, -0.1) is 0 Å². The first kappa shape index (κ1) is 23.9. The predicted molar refractivity (Wildman–Crippen MR) is 140 cm³/mol. The second-order valence-electron chi connectivity index (χ2n) is 9.59. The zero-order valence-corrected chi connectivity index (χ0v) is 21.4. The van der Waals surface area contributed by atoms with Crippen LogP contribution in [0.4, 0.5) is 11.8 Å². The summed E-state index contributed by atoms with van der Waals surface area (Å²) in [6.45, 7) is 3.39. The molecule has 2 fully saturated rings. The van der Waals surface area contributed by atoms with Crippen molar-refractivity contribution in [2.45, 2.75) is 57.2 Å². The molecular formula is C26H31BrN6O2. The Balaban J connectivity index is 1.08. The molecule has 2 aromatic heterocycles. The number of hydrogen-bond donors (Lipinski definition) is 3. The van der Waals surface area contributed by atoms with Gasteiger partial charge >= 0.3 is 0 Å². The van der Waals surface area contributed by atoms with Gasteiger partial charge in [-0.1, -0.05) is 12.1 Å². The number of aromatic nitrogens is 3. The molecule has 2 aliphatic rings. The number of nitrogens with zero attached hydrogens (tertiary/aromatic N) is 3. The van der Waals surface area contributed by atoms with E-state index >= 15 is 0 Å². The van der Waals surface area contributed by atoms with Crippen LogP contribution in [0.2, 0.25) is 0 Å². The summed E-state index contributed by atoms with van der Waals surface area (Å²) < 4.78 is 6.10. The monoisotopic (exact) mass is 538 g/mol. The summed E-state index contributed by atoms with van der Waals surface area (Å²) in [6, 6.07) is 11.2. The van der Waals surface area contributed by atoms with E-state index in [4.69, 9.17) is 9.72 Å². The fourth-order valence-electron chi connectivity index (χ4n) is 4.79. The Hall–Kier alpha value is -2.78. The molecule has 1 saturated carbocycles. The van der Waals surface area contributed by atoms with Crippen LogP contribution in [-0.4, -0.2) is 52.2 Å².